The van der Waals surface area contributed by atoms with Gasteiger partial charge in [0.15, 0.2) is 0 Å². The minimum Gasteiger partial charge on any atom is -0.365 e. The summed E-state index contributed by atoms with van der Waals surface area (Å²) in [6.07, 6.45) is 12.3. The monoisotopic (exact) mass is 378 g/mol. The van der Waals surface area contributed by atoms with E-state index in [0.717, 1.165) is 12.5 Å². The fourth-order valence-corrected chi connectivity index (χ4v) is 4.04. The number of aromatic nitrogens is 1. The molecule has 0 N–H and O–H groups in total. The van der Waals surface area contributed by atoms with Gasteiger partial charge >= 0.3 is 0 Å². The normalized spacial score (nSPS) is 20.0. The smallest absolute Gasteiger partial charge is 0.0476 e. The number of fused-ring (bicyclic) bond motifs is 1. The van der Waals surface area contributed by atoms with Crippen molar-refractivity contribution in [2.75, 3.05) is 11.4 Å². The van der Waals surface area contributed by atoms with Gasteiger partial charge in [0.05, 0.1) is 0 Å². The highest BCUT2D eigenvalue weighted by atomic mass is 35.5. The number of nitrogens with zero attached hydrogens (tertiary/aromatic N) is 2. The second-order valence-corrected chi connectivity index (χ2v) is 7.20. The third kappa shape index (κ3) is 4.33. The fourth-order valence-electron chi connectivity index (χ4n) is 4.04. The number of halogens is 1. The zero-order chi connectivity index (χ0) is 17.8. The lowest BCUT2D eigenvalue weighted by molar-refractivity contribution is 0.374. The van der Waals surface area contributed by atoms with Crippen molar-refractivity contribution in [3.05, 3.63) is 78.6 Å². The maximum atomic E-state index is 4.19. The Morgan fingerprint density at radius 2 is 1.78 bits per heavy atom. The molecule has 1 saturated heterocycles. The van der Waals surface area contributed by atoms with Gasteiger partial charge in [-0.25, -0.2) is 0 Å². The van der Waals surface area contributed by atoms with E-state index in [0.29, 0.717) is 6.04 Å². The highest BCUT2D eigenvalue weighted by Gasteiger charge is 2.25. The molecule has 3 heteroatoms. The molecular weight excluding hydrogens is 352 g/mol. The minimum absolute atomic E-state index is 0. The van der Waals surface area contributed by atoms with Gasteiger partial charge in [0.1, 0.15) is 0 Å². The fraction of sp³-hybridized carbons (Fsp3) is 0.292. The van der Waals surface area contributed by atoms with Crippen LogP contribution in [0.4, 0.5) is 5.69 Å². The number of hydrogen-bond acceptors (Lipinski definition) is 2. The van der Waals surface area contributed by atoms with E-state index in [9.17, 15) is 0 Å². The Balaban J connectivity index is 0.00000210. The van der Waals surface area contributed by atoms with Gasteiger partial charge in [0.2, 0.25) is 0 Å². The van der Waals surface area contributed by atoms with Gasteiger partial charge in [-0.3, -0.25) is 4.98 Å². The van der Waals surface area contributed by atoms with Crippen molar-refractivity contribution in [1.82, 2.24) is 4.98 Å². The van der Waals surface area contributed by atoms with Crippen molar-refractivity contribution >= 4 is 34.9 Å². The molecule has 2 atom stereocenters. The summed E-state index contributed by atoms with van der Waals surface area (Å²) in [6.45, 7) is 3.44. The van der Waals surface area contributed by atoms with Crippen LogP contribution in [0.3, 0.4) is 0 Å². The predicted octanol–water partition coefficient (Wildman–Crippen LogP) is 6.37. The summed E-state index contributed by atoms with van der Waals surface area (Å²) in [4.78, 5) is 6.74. The molecule has 2 heterocycles. The van der Waals surface area contributed by atoms with Crippen LogP contribution in [0.5, 0.6) is 0 Å². The summed E-state index contributed by atoms with van der Waals surface area (Å²) in [6, 6.07) is 19.9. The van der Waals surface area contributed by atoms with Gasteiger partial charge in [-0.05, 0) is 47.2 Å². The van der Waals surface area contributed by atoms with E-state index in [1.54, 1.807) is 0 Å². The molecule has 2 aromatic carbocycles. The van der Waals surface area contributed by atoms with Crippen LogP contribution in [0.2, 0.25) is 0 Å². The van der Waals surface area contributed by atoms with Crippen LogP contribution < -0.4 is 4.90 Å². The molecule has 27 heavy (non-hydrogen) atoms. The van der Waals surface area contributed by atoms with E-state index in [1.807, 2.05) is 12.4 Å². The highest BCUT2D eigenvalue weighted by Crippen LogP contribution is 2.30. The van der Waals surface area contributed by atoms with Gasteiger partial charge in [0, 0.05) is 30.7 Å². The number of piperidine rings is 1. The minimum atomic E-state index is 0. The second-order valence-electron chi connectivity index (χ2n) is 7.20. The summed E-state index contributed by atoms with van der Waals surface area (Å²) in [5, 5.41) is 2.62. The number of pyridine rings is 1. The molecule has 0 saturated carbocycles. The molecule has 0 aliphatic carbocycles. The van der Waals surface area contributed by atoms with Crippen LogP contribution >= 0.6 is 12.4 Å². The predicted molar refractivity (Wildman–Crippen MR) is 119 cm³/mol. The van der Waals surface area contributed by atoms with Crippen molar-refractivity contribution in [1.29, 1.82) is 0 Å². The van der Waals surface area contributed by atoms with Gasteiger partial charge < -0.3 is 4.90 Å². The topological polar surface area (TPSA) is 16.1 Å². The third-order valence-electron chi connectivity index (χ3n) is 5.62. The van der Waals surface area contributed by atoms with Crippen LogP contribution in [0.25, 0.3) is 16.8 Å². The maximum absolute atomic E-state index is 4.19. The van der Waals surface area contributed by atoms with E-state index in [-0.39, 0.29) is 12.4 Å². The van der Waals surface area contributed by atoms with Crippen LogP contribution in [-0.2, 0) is 0 Å². The van der Waals surface area contributed by atoms with Gasteiger partial charge in [-0.1, -0.05) is 68.0 Å². The summed E-state index contributed by atoms with van der Waals surface area (Å²) < 4.78 is 0. The number of rotatable bonds is 4. The maximum Gasteiger partial charge on any atom is 0.0476 e. The first-order valence-corrected chi connectivity index (χ1v) is 9.68. The van der Waals surface area contributed by atoms with E-state index in [1.165, 1.54) is 41.3 Å². The van der Waals surface area contributed by atoms with Crippen molar-refractivity contribution in [3.8, 4) is 0 Å². The first-order chi connectivity index (χ1) is 12.8. The van der Waals surface area contributed by atoms with E-state index >= 15 is 0 Å². The van der Waals surface area contributed by atoms with Crippen LogP contribution in [0.15, 0.2) is 73.1 Å². The molecule has 4 rings (SSSR count). The molecule has 2 unspecified atom stereocenters. The van der Waals surface area contributed by atoms with Crippen LogP contribution in [0, 0.1) is 5.92 Å². The molecule has 140 valence electrons. The SMILES string of the molecule is CCC1CCC(C=Cc2cccc3ccccc23)N(c2ccncc2)C1.Cl. The van der Waals surface area contributed by atoms with E-state index in [4.69, 9.17) is 0 Å². The van der Waals surface area contributed by atoms with Crippen molar-refractivity contribution in [2.24, 2.45) is 5.92 Å². The Kier molecular flexibility index (Phi) is 6.52. The van der Waals surface area contributed by atoms with Gasteiger partial charge in [-0.15, -0.1) is 12.4 Å². The first-order valence-electron chi connectivity index (χ1n) is 9.68. The molecule has 0 bridgehead atoms. The molecule has 0 amide bonds. The Bertz CT molecular complexity index is 886. The lowest BCUT2D eigenvalue weighted by Gasteiger charge is -2.40. The molecule has 1 aromatic heterocycles. The van der Waals surface area contributed by atoms with Gasteiger partial charge in [-0.2, -0.15) is 0 Å². The molecular formula is C24H27ClN2. The molecule has 3 aromatic rings. The largest absolute Gasteiger partial charge is 0.365 e. The van der Waals surface area contributed by atoms with Gasteiger partial charge in [0.25, 0.3) is 0 Å². The number of hydrogen-bond donors (Lipinski definition) is 0. The number of anilines is 1. The lowest BCUT2D eigenvalue weighted by Crippen LogP contribution is -2.42. The Hall–Kier alpha value is -2.32. The number of benzene rings is 2. The average molecular weight is 379 g/mol. The quantitative estimate of drug-likeness (QED) is 0.524. The first kappa shape index (κ1) is 19.4. The van der Waals surface area contributed by atoms with Crippen molar-refractivity contribution in [2.45, 2.75) is 32.2 Å². The molecule has 1 aliphatic heterocycles. The third-order valence-corrected chi connectivity index (χ3v) is 5.62. The summed E-state index contributed by atoms with van der Waals surface area (Å²) in [5.74, 6) is 0.783. The summed E-state index contributed by atoms with van der Waals surface area (Å²) >= 11 is 0. The lowest BCUT2D eigenvalue weighted by atomic mass is 9.90. The summed E-state index contributed by atoms with van der Waals surface area (Å²) in [5.41, 5.74) is 2.58. The molecule has 0 spiro atoms. The van der Waals surface area contributed by atoms with Crippen LogP contribution in [-0.4, -0.2) is 17.6 Å². The summed E-state index contributed by atoms with van der Waals surface area (Å²) in [7, 11) is 0. The molecule has 1 aliphatic rings. The van der Waals surface area contributed by atoms with E-state index < -0.39 is 0 Å². The van der Waals surface area contributed by atoms with Crippen molar-refractivity contribution in [3.63, 3.8) is 0 Å². The van der Waals surface area contributed by atoms with Crippen molar-refractivity contribution < 1.29 is 0 Å². The second kappa shape index (κ2) is 9.05. The molecule has 2 nitrogen and oxygen atoms in total. The van der Waals surface area contributed by atoms with E-state index in [2.05, 4.69) is 83.6 Å². The Labute approximate surface area is 168 Å². The Morgan fingerprint density at radius 1 is 1.00 bits per heavy atom. The Morgan fingerprint density at radius 3 is 2.59 bits per heavy atom. The standard InChI is InChI=1S/C24H26N2.ClH/c1-2-19-10-12-22(26(18-19)23-14-16-25-17-15-23)13-11-21-8-5-7-20-6-3-4-9-24(20)21;/h3-9,11,13-17,19,22H,2,10,12,18H2,1H3;1H. The molecule has 1 fully saturated rings. The van der Waals surface area contributed by atoms with Crippen LogP contribution in [0.1, 0.15) is 31.7 Å². The molecule has 0 radical (unpaired) electrons. The highest BCUT2D eigenvalue weighted by molar-refractivity contribution is 5.90. The average Bonchev–Trinajstić information content (AvgIpc) is 2.72. The zero-order valence-corrected chi connectivity index (χ0v) is 16.6. The zero-order valence-electron chi connectivity index (χ0n) is 15.8.